The number of carbonyl (C=O) groups is 2. The number of rotatable bonds is 3. The molecule has 0 spiro atoms. The average Bonchev–Trinajstić information content (AvgIpc) is 2.26. The van der Waals surface area contributed by atoms with E-state index in [1.54, 1.807) is 0 Å². The van der Waals surface area contributed by atoms with Crippen molar-refractivity contribution in [2.45, 2.75) is 43.9 Å². The van der Waals surface area contributed by atoms with Crippen LogP contribution in [0.1, 0.15) is 33.1 Å². The number of piperidine rings is 1. The van der Waals surface area contributed by atoms with E-state index >= 15 is 0 Å². The van der Waals surface area contributed by atoms with E-state index < -0.39 is 32.5 Å². The highest BCUT2D eigenvalue weighted by Crippen LogP contribution is 2.29. The predicted octanol–water partition coefficient (Wildman–Crippen LogP) is 0.275. The third-order valence-corrected chi connectivity index (χ3v) is 5.09. The van der Waals surface area contributed by atoms with Gasteiger partial charge in [0.15, 0.2) is 9.84 Å². The highest BCUT2D eigenvalue weighted by atomic mass is 32.2. The first-order valence-corrected chi connectivity index (χ1v) is 7.80. The number of carbonyl (C=O) groups excluding carboxylic acids is 1. The molecule has 1 rings (SSSR count). The van der Waals surface area contributed by atoms with Crippen LogP contribution in [0.3, 0.4) is 0 Å². The van der Waals surface area contributed by atoms with E-state index in [2.05, 4.69) is 0 Å². The molecule has 1 saturated heterocycles. The summed E-state index contributed by atoms with van der Waals surface area (Å²) in [6.45, 7) is 3.07. The van der Waals surface area contributed by atoms with Crippen molar-refractivity contribution in [3.63, 3.8) is 0 Å². The molecule has 0 bridgehead atoms. The van der Waals surface area contributed by atoms with E-state index in [9.17, 15) is 23.1 Å². The smallest absolute Gasteiger partial charge is 0.329 e. The van der Waals surface area contributed by atoms with Gasteiger partial charge in [-0.3, -0.25) is 4.79 Å². The van der Waals surface area contributed by atoms with E-state index in [4.69, 9.17) is 0 Å². The van der Waals surface area contributed by atoms with Gasteiger partial charge in [-0.15, -0.1) is 0 Å². The third-order valence-electron chi connectivity index (χ3n) is 3.61. The summed E-state index contributed by atoms with van der Waals surface area (Å²) in [7, 11) is -3.51. The van der Waals surface area contributed by atoms with Crippen LogP contribution in [-0.4, -0.2) is 53.9 Å². The van der Waals surface area contributed by atoms with Gasteiger partial charge in [-0.25, -0.2) is 13.2 Å². The van der Waals surface area contributed by atoms with Gasteiger partial charge in [-0.2, -0.15) is 0 Å². The Kier molecular flexibility index (Phi) is 4.05. The van der Waals surface area contributed by atoms with E-state index in [0.717, 1.165) is 12.7 Å². The lowest BCUT2D eigenvalue weighted by Gasteiger charge is -2.42. The van der Waals surface area contributed by atoms with Crippen molar-refractivity contribution in [3.05, 3.63) is 0 Å². The van der Waals surface area contributed by atoms with Crippen molar-refractivity contribution in [3.8, 4) is 0 Å². The second-order valence-corrected chi connectivity index (χ2v) is 7.36. The molecule has 0 aliphatic carbocycles. The molecule has 1 N–H and O–H groups in total. The molecule has 0 aromatic carbocycles. The molecule has 2 atom stereocenters. The number of sulfone groups is 1. The van der Waals surface area contributed by atoms with E-state index in [-0.39, 0.29) is 0 Å². The van der Waals surface area contributed by atoms with Crippen molar-refractivity contribution < 1.29 is 23.1 Å². The maximum absolute atomic E-state index is 12.1. The van der Waals surface area contributed by atoms with Gasteiger partial charge in [0.1, 0.15) is 10.8 Å². The lowest BCUT2D eigenvalue weighted by Crippen LogP contribution is -2.60. The summed E-state index contributed by atoms with van der Waals surface area (Å²) in [4.78, 5) is 24.7. The number of amides is 1. The molecular formula is C11H19NO5S. The second-order valence-electron chi connectivity index (χ2n) is 5.00. The van der Waals surface area contributed by atoms with Crippen molar-refractivity contribution >= 4 is 21.7 Å². The van der Waals surface area contributed by atoms with Crippen molar-refractivity contribution in [1.29, 1.82) is 0 Å². The number of aliphatic carboxylic acids is 1. The fraction of sp³-hybridized carbons (Fsp3) is 0.818. The van der Waals surface area contributed by atoms with Crippen LogP contribution >= 0.6 is 0 Å². The van der Waals surface area contributed by atoms with E-state index in [1.165, 1.54) is 18.7 Å². The minimum Gasteiger partial charge on any atom is -0.480 e. The van der Waals surface area contributed by atoms with Gasteiger partial charge in [0.2, 0.25) is 5.91 Å². The Hall–Kier alpha value is -1.11. The summed E-state index contributed by atoms with van der Waals surface area (Å²) in [5.74, 6) is -1.71. The summed E-state index contributed by atoms with van der Waals surface area (Å²) in [5, 5.41) is 8.06. The molecule has 0 aromatic rings. The standard InChI is InChI=1S/C11H19NO5S/c1-8(18(3,16)17)9(13)12-7-5-4-6-11(12,2)10(14)15/h8H,4-7H2,1-3H3,(H,14,15). The molecular weight excluding hydrogens is 258 g/mol. The molecule has 7 heteroatoms. The Morgan fingerprint density at radius 2 is 1.89 bits per heavy atom. The van der Waals surface area contributed by atoms with Crippen molar-refractivity contribution in [1.82, 2.24) is 4.90 Å². The molecule has 1 amide bonds. The Labute approximate surface area is 107 Å². The third kappa shape index (κ3) is 2.66. The monoisotopic (exact) mass is 277 g/mol. The molecule has 6 nitrogen and oxygen atoms in total. The molecule has 2 unspecified atom stereocenters. The topological polar surface area (TPSA) is 91.8 Å². The normalized spacial score (nSPS) is 26.7. The highest BCUT2D eigenvalue weighted by molar-refractivity contribution is 7.92. The second kappa shape index (κ2) is 4.87. The highest BCUT2D eigenvalue weighted by Gasteiger charge is 2.46. The SMILES string of the molecule is CC(C(=O)N1CCCCC1(C)C(=O)O)S(C)(=O)=O. The van der Waals surface area contributed by atoms with Crippen LogP contribution in [0.2, 0.25) is 0 Å². The van der Waals surface area contributed by atoms with Gasteiger partial charge < -0.3 is 10.0 Å². The quantitative estimate of drug-likeness (QED) is 0.799. The summed E-state index contributed by atoms with van der Waals surface area (Å²) >= 11 is 0. The maximum atomic E-state index is 12.1. The van der Waals surface area contributed by atoms with Crippen molar-refractivity contribution in [2.24, 2.45) is 0 Å². The largest absolute Gasteiger partial charge is 0.480 e. The molecule has 1 heterocycles. The summed E-state index contributed by atoms with van der Waals surface area (Å²) in [6.07, 6.45) is 2.76. The van der Waals surface area contributed by atoms with Crippen LogP contribution in [0.15, 0.2) is 0 Å². The van der Waals surface area contributed by atoms with Gasteiger partial charge >= 0.3 is 5.97 Å². The van der Waals surface area contributed by atoms with Gasteiger partial charge in [0.25, 0.3) is 0 Å². The van der Waals surface area contributed by atoms with Crippen LogP contribution in [0.5, 0.6) is 0 Å². The molecule has 0 radical (unpaired) electrons. The van der Waals surface area contributed by atoms with E-state index in [0.29, 0.717) is 19.4 Å². The van der Waals surface area contributed by atoms with Gasteiger partial charge in [0, 0.05) is 12.8 Å². The molecule has 0 saturated carbocycles. The molecule has 1 aliphatic rings. The summed E-state index contributed by atoms with van der Waals surface area (Å²) in [5.41, 5.74) is -1.30. The van der Waals surface area contributed by atoms with Crippen molar-refractivity contribution in [2.75, 3.05) is 12.8 Å². The van der Waals surface area contributed by atoms with Crippen LogP contribution in [0.4, 0.5) is 0 Å². The molecule has 18 heavy (non-hydrogen) atoms. The number of likely N-dealkylation sites (tertiary alicyclic amines) is 1. The summed E-state index contributed by atoms with van der Waals surface area (Å²) in [6, 6.07) is 0. The molecule has 1 fully saturated rings. The first-order chi connectivity index (χ1) is 8.10. The average molecular weight is 277 g/mol. The lowest BCUT2D eigenvalue weighted by molar-refractivity contribution is -0.160. The Morgan fingerprint density at radius 3 is 2.33 bits per heavy atom. The van der Waals surface area contributed by atoms with Gasteiger partial charge in [-0.1, -0.05) is 0 Å². The van der Waals surface area contributed by atoms with Gasteiger partial charge in [-0.05, 0) is 33.1 Å². The van der Waals surface area contributed by atoms with Gasteiger partial charge in [0.05, 0.1) is 0 Å². The Balaban J connectivity index is 3.06. The zero-order valence-electron chi connectivity index (χ0n) is 10.8. The number of carboxylic acids is 1. The molecule has 1 aliphatic heterocycles. The molecule has 0 aromatic heterocycles. The number of hydrogen-bond acceptors (Lipinski definition) is 4. The molecule has 104 valence electrons. The Morgan fingerprint density at radius 1 is 1.33 bits per heavy atom. The number of carboxylic acid groups (broad SMARTS) is 1. The predicted molar refractivity (Wildman–Crippen MR) is 65.9 cm³/mol. The number of nitrogens with zero attached hydrogens (tertiary/aromatic N) is 1. The number of hydrogen-bond donors (Lipinski definition) is 1. The minimum atomic E-state index is -3.51. The zero-order chi connectivity index (χ0) is 14.1. The van der Waals surface area contributed by atoms with Crippen LogP contribution in [0, 0.1) is 0 Å². The first-order valence-electron chi connectivity index (χ1n) is 5.84. The Bertz CT molecular complexity index is 458. The first kappa shape index (κ1) is 14.9. The minimum absolute atomic E-state index is 0.293. The van der Waals surface area contributed by atoms with Crippen LogP contribution in [0.25, 0.3) is 0 Å². The maximum Gasteiger partial charge on any atom is 0.329 e. The fourth-order valence-electron chi connectivity index (χ4n) is 2.10. The van der Waals surface area contributed by atoms with Crippen LogP contribution < -0.4 is 0 Å². The van der Waals surface area contributed by atoms with Crippen LogP contribution in [-0.2, 0) is 19.4 Å². The van der Waals surface area contributed by atoms with E-state index in [1.807, 2.05) is 0 Å². The fourth-order valence-corrected chi connectivity index (χ4v) is 2.59. The zero-order valence-corrected chi connectivity index (χ0v) is 11.7. The summed E-state index contributed by atoms with van der Waals surface area (Å²) < 4.78 is 22.8. The lowest BCUT2D eigenvalue weighted by atomic mass is 9.88.